The molecule has 0 aromatic rings. The molecule has 0 bridgehead atoms. The van der Waals surface area contributed by atoms with Crippen molar-refractivity contribution < 1.29 is 9.53 Å². The van der Waals surface area contributed by atoms with Crippen molar-refractivity contribution in [1.82, 2.24) is 0 Å². The van der Waals surface area contributed by atoms with Crippen LogP contribution in [0.15, 0.2) is 21.5 Å². The summed E-state index contributed by atoms with van der Waals surface area (Å²) < 4.78 is 5.74. The second-order valence-electron chi connectivity index (χ2n) is 1.65. The van der Waals surface area contributed by atoms with Crippen molar-refractivity contribution in [3.05, 3.63) is 21.5 Å². The number of halogens is 1. The number of carbonyl (C=O) groups excluding carboxylic acids is 1. The van der Waals surface area contributed by atoms with Crippen LogP contribution in [0, 0.1) is 0 Å². The first kappa shape index (κ1) is 6.80. The Bertz CT molecular complexity index is 199. The lowest BCUT2D eigenvalue weighted by Gasteiger charge is -1.94. The van der Waals surface area contributed by atoms with Crippen molar-refractivity contribution in [2.75, 3.05) is 0 Å². The number of hydrogen-bond donors (Lipinski definition) is 0. The van der Waals surface area contributed by atoms with Gasteiger partial charge in [0.05, 0.1) is 0 Å². The molecule has 1 aliphatic rings. The van der Waals surface area contributed by atoms with Crippen LogP contribution in [0.2, 0.25) is 0 Å². The van der Waals surface area contributed by atoms with Crippen LogP contribution < -0.4 is 0 Å². The van der Waals surface area contributed by atoms with Gasteiger partial charge in [0.15, 0.2) is 0 Å². The highest BCUT2D eigenvalue weighted by Crippen LogP contribution is 2.18. The van der Waals surface area contributed by atoms with E-state index in [9.17, 15) is 4.79 Å². The second kappa shape index (κ2) is 2.51. The van der Waals surface area contributed by atoms with E-state index >= 15 is 0 Å². The quantitative estimate of drug-likeness (QED) is 0.473. The molecule has 1 rings (SSSR count). The van der Waals surface area contributed by atoms with Crippen molar-refractivity contribution in [2.24, 2.45) is 0 Å². The average Bonchev–Trinajstić information content (AvgIpc) is 2.14. The molecule has 1 heterocycles. The number of ether oxygens (including phenoxy) is 1. The lowest BCUT2D eigenvalue weighted by molar-refractivity contribution is -0.132. The van der Waals surface area contributed by atoms with Gasteiger partial charge in [-0.05, 0) is 35.6 Å². The lowest BCUT2D eigenvalue weighted by Crippen LogP contribution is -1.90. The van der Waals surface area contributed by atoms with E-state index in [2.05, 4.69) is 22.6 Å². The van der Waals surface area contributed by atoms with Crippen molar-refractivity contribution in [1.29, 1.82) is 0 Å². The molecule has 48 valence electrons. The highest BCUT2D eigenvalue weighted by atomic mass is 127. The molecule has 0 amide bonds. The molecule has 3 heteroatoms. The summed E-state index contributed by atoms with van der Waals surface area (Å²) in [5.41, 5.74) is 0. The summed E-state index contributed by atoms with van der Waals surface area (Å²) in [7, 11) is 0. The Kier molecular flexibility index (Phi) is 1.90. The third-order valence-corrected chi connectivity index (χ3v) is 1.45. The summed E-state index contributed by atoms with van der Waals surface area (Å²) in [4.78, 5) is 10.4. The van der Waals surface area contributed by atoms with E-state index in [4.69, 9.17) is 4.74 Å². The molecule has 0 spiro atoms. The van der Waals surface area contributed by atoms with Crippen LogP contribution >= 0.6 is 22.6 Å². The number of allylic oxidation sites excluding steroid dienone is 2. The number of hydrogen-bond acceptors (Lipinski definition) is 2. The van der Waals surface area contributed by atoms with Gasteiger partial charge in [-0.1, -0.05) is 0 Å². The summed E-state index contributed by atoms with van der Waals surface area (Å²) in [5, 5.41) is 0. The lowest BCUT2D eigenvalue weighted by atomic mass is 10.4. The molecule has 0 unspecified atom stereocenters. The summed E-state index contributed by atoms with van der Waals surface area (Å²) in [6.07, 6.45) is 3.08. The van der Waals surface area contributed by atoms with E-state index in [0.29, 0.717) is 5.76 Å². The predicted octanol–water partition coefficient (Wildman–Crippen LogP) is 1.77. The van der Waals surface area contributed by atoms with E-state index < -0.39 is 0 Å². The Labute approximate surface area is 66.7 Å². The Morgan fingerprint density at radius 3 is 2.56 bits per heavy atom. The van der Waals surface area contributed by atoms with Crippen LogP contribution in [0.25, 0.3) is 0 Å². The van der Waals surface area contributed by atoms with Crippen LogP contribution in [0.4, 0.5) is 0 Å². The highest BCUT2D eigenvalue weighted by Gasteiger charge is 2.10. The normalized spacial score (nSPS) is 22.2. The zero-order valence-electron chi connectivity index (χ0n) is 4.85. The smallest absolute Gasteiger partial charge is 0.336 e. The number of carbonyl (C=O) groups is 1. The van der Waals surface area contributed by atoms with E-state index in [1.807, 2.05) is 6.92 Å². The summed E-state index contributed by atoms with van der Waals surface area (Å²) in [6.45, 7) is 1.89. The van der Waals surface area contributed by atoms with Gasteiger partial charge in [0, 0.05) is 9.66 Å². The Morgan fingerprint density at radius 1 is 1.67 bits per heavy atom. The van der Waals surface area contributed by atoms with Gasteiger partial charge in [-0.15, -0.1) is 0 Å². The first-order valence-corrected chi connectivity index (χ1v) is 3.54. The van der Waals surface area contributed by atoms with E-state index in [1.165, 1.54) is 6.08 Å². The van der Waals surface area contributed by atoms with Crippen molar-refractivity contribution in [2.45, 2.75) is 6.92 Å². The molecule has 0 saturated heterocycles. The van der Waals surface area contributed by atoms with E-state index in [1.54, 1.807) is 6.08 Å². The van der Waals surface area contributed by atoms with Gasteiger partial charge in [0.2, 0.25) is 0 Å². The number of esters is 1. The molecule has 0 fully saturated rings. The molecule has 0 aromatic carbocycles. The monoisotopic (exact) mass is 236 g/mol. The third-order valence-electron chi connectivity index (χ3n) is 0.921. The zero-order chi connectivity index (χ0) is 6.85. The van der Waals surface area contributed by atoms with Crippen molar-refractivity contribution in [3.8, 4) is 0 Å². The standard InChI is InChI=1S/C6H5IO2/c1-4(7)5-2-3-6(8)9-5/h2-3H,1H3/b5-4+. The van der Waals surface area contributed by atoms with Crippen LogP contribution in [0.5, 0.6) is 0 Å². The fourth-order valence-corrected chi connectivity index (χ4v) is 0.795. The van der Waals surface area contributed by atoms with Gasteiger partial charge in [0.25, 0.3) is 0 Å². The summed E-state index contributed by atoms with van der Waals surface area (Å²) in [5.74, 6) is 0.390. The average molecular weight is 236 g/mol. The molecule has 2 nitrogen and oxygen atoms in total. The SMILES string of the molecule is C/C(I)=C1/C=CC(=O)O1. The maximum Gasteiger partial charge on any atom is 0.336 e. The van der Waals surface area contributed by atoms with Crippen molar-refractivity contribution in [3.63, 3.8) is 0 Å². The van der Waals surface area contributed by atoms with Crippen LogP contribution in [0.3, 0.4) is 0 Å². The van der Waals surface area contributed by atoms with Crippen LogP contribution in [-0.4, -0.2) is 5.97 Å². The van der Waals surface area contributed by atoms with Gasteiger partial charge in [0.1, 0.15) is 5.76 Å². The Balaban J connectivity index is 2.83. The zero-order valence-corrected chi connectivity index (χ0v) is 7.01. The minimum absolute atomic E-state index is 0.277. The Hall–Kier alpha value is -0.320. The molecule has 0 saturated carbocycles. The van der Waals surface area contributed by atoms with Gasteiger partial charge in [-0.25, -0.2) is 4.79 Å². The minimum atomic E-state index is -0.277. The molecular weight excluding hydrogens is 231 g/mol. The van der Waals surface area contributed by atoms with Crippen LogP contribution in [-0.2, 0) is 9.53 Å². The summed E-state index contributed by atoms with van der Waals surface area (Å²) >= 11 is 2.11. The van der Waals surface area contributed by atoms with Gasteiger partial charge >= 0.3 is 5.97 Å². The van der Waals surface area contributed by atoms with Crippen molar-refractivity contribution >= 4 is 28.6 Å². The van der Waals surface area contributed by atoms with Gasteiger partial charge in [-0.3, -0.25) is 0 Å². The third kappa shape index (κ3) is 1.54. The number of rotatable bonds is 0. The van der Waals surface area contributed by atoms with E-state index in [-0.39, 0.29) is 5.97 Å². The van der Waals surface area contributed by atoms with Gasteiger partial charge < -0.3 is 4.74 Å². The Morgan fingerprint density at radius 2 is 2.33 bits per heavy atom. The fourth-order valence-electron chi connectivity index (χ4n) is 0.505. The maximum atomic E-state index is 10.4. The minimum Gasteiger partial charge on any atom is -0.423 e. The number of cyclic esters (lactones) is 1. The van der Waals surface area contributed by atoms with Gasteiger partial charge in [-0.2, -0.15) is 0 Å². The highest BCUT2D eigenvalue weighted by molar-refractivity contribution is 14.1. The maximum absolute atomic E-state index is 10.4. The van der Waals surface area contributed by atoms with Crippen LogP contribution in [0.1, 0.15) is 6.92 Å². The molecule has 0 atom stereocenters. The van der Waals surface area contributed by atoms with E-state index in [0.717, 1.165) is 3.58 Å². The summed E-state index contributed by atoms with van der Waals surface area (Å²) in [6, 6.07) is 0. The fraction of sp³-hybridized carbons (Fsp3) is 0.167. The topological polar surface area (TPSA) is 26.3 Å². The molecule has 0 N–H and O–H groups in total. The predicted molar refractivity (Wildman–Crippen MR) is 42.0 cm³/mol. The first-order valence-electron chi connectivity index (χ1n) is 2.46. The molecule has 9 heavy (non-hydrogen) atoms. The molecule has 0 aromatic heterocycles. The molecule has 0 aliphatic carbocycles. The molecular formula is C6H5IO2. The largest absolute Gasteiger partial charge is 0.423 e. The molecule has 1 aliphatic heterocycles. The molecule has 0 radical (unpaired) electrons. The second-order valence-corrected chi connectivity index (χ2v) is 3.27. The first-order chi connectivity index (χ1) is 4.20.